The molecule has 1 fully saturated rings. The van der Waals surface area contributed by atoms with Crippen molar-refractivity contribution in [1.29, 1.82) is 0 Å². The van der Waals surface area contributed by atoms with Gasteiger partial charge in [-0.05, 0) is 24.6 Å². The summed E-state index contributed by atoms with van der Waals surface area (Å²) < 4.78 is 0. The highest BCUT2D eigenvalue weighted by molar-refractivity contribution is 5.67. The van der Waals surface area contributed by atoms with Crippen LogP contribution >= 0.6 is 0 Å². The van der Waals surface area contributed by atoms with E-state index in [1.807, 2.05) is 18.2 Å². The van der Waals surface area contributed by atoms with E-state index in [0.717, 1.165) is 19.6 Å². The molecular weight excluding hydrogens is 228 g/mol. The minimum absolute atomic E-state index is 0.0210. The molecule has 2 atom stereocenters. The van der Waals surface area contributed by atoms with E-state index < -0.39 is 5.97 Å². The van der Waals surface area contributed by atoms with Gasteiger partial charge >= 0.3 is 5.97 Å². The Morgan fingerprint density at radius 3 is 2.78 bits per heavy atom. The largest absolute Gasteiger partial charge is 0.481 e. The van der Waals surface area contributed by atoms with Gasteiger partial charge in [-0.2, -0.15) is 0 Å². The third kappa shape index (κ3) is 3.47. The number of nitrogens with one attached hydrogen (secondary N) is 1. The molecule has 0 aliphatic carbocycles. The van der Waals surface area contributed by atoms with Crippen LogP contribution in [0.25, 0.3) is 0 Å². The van der Waals surface area contributed by atoms with E-state index in [1.165, 1.54) is 5.69 Å². The average Bonchev–Trinajstić information content (AvgIpc) is 2.52. The zero-order valence-electron chi connectivity index (χ0n) is 10.7. The van der Waals surface area contributed by atoms with Gasteiger partial charge in [0.15, 0.2) is 0 Å². The van der Waals surface area contributed by atoms with Crippen LogP contribution in [0.4, 0.5) is 5.69 Å². The molecule has 0 saturated carbocycles. The van der Waals surface area contributed by atoms with Crippen LogP contribution in [0.5, 0.6) is 0 Å². The molecule has 1 aliphatic heterocycles. The van der Waals surface area contributed by atoms with Crippen LogP contribution in [-0.4, -0.2) is 36.8 Å². The molecule has 0 radical (unpaired) electrons. The first-order valence-electron chi connectivity index (χ1n) is 6.40. The standard InChI is InChI=1S/C14H20N2O2/c1-11-8-15-12(7-14(17)18)10-16(9-11)13-5-3-2-4-6-13/h2-6,11-12,15H,7-10H2,1H3,(H,17,18). The number of carboxylic acids is 1. The lowest BCUT2D eigenvalue weighted by molar-refractivity contribution is -0.137. The molecule has 1 heterocycles. The van der Waals surface area contributed by atoms with Crippen LogP contribution in [0.1, 0.15) is 13.3 Å². The normalized spacial score (nSPS) is 24.6. The topological polar surface area (TPSA) is 52.6 Å². The summed E-state index contributed by atoms with van der Waals surface area (Å²) in [6, 6.07) is 10.2. The molecule has 2 N–H and O–H groups in total. The van der Waals surface area contributed by atoms with Gasteiger partial charge in [0.05, 0.1) is 6.42 Å². The van der Waals surface area contributed by atoms with E-state index in [0.29, 0.717) is 5.92 Å². The van der Waals surface area contributed by atoms with Crippen molar-refractivity contribution in [2.75, 3.05) is 24.5 Å². The SMILES string of the molecule is CC1CNC(CC(=O)O)CN(c2ccccc2)C1. The highest BCUT2D eigenvalue weighted by atomic mass is 16.4. The smallest absolute Gasteiger partial charge is 0.304 e. The van der Waals surface area contributed by atoms with Crippen molar-refractivity contribution in [1.82, 2.24) is 5.32 Å². The quantitative estimate of drug-likeness (QED) is 0.852. The predicted octanol–water partition coefficient (Wildman–Crippen LogP) is 1.58. The van der Waals surface area contributed by atoms with Crippen molar-refractivity contribution in [2.45, 2.75) is 19.4 Å². The first-order chi connectivity index (χ1) is 8.65. The van der Waals surface area contributed by atoms with Gasteiger partial charge in [-0.15, -0.1) is 0 Å². The number of aliphatic carboxylic acids is 1. The Balaban J connectivity index is 2.10. The molecule has 1 saturated heterocycles. The lowest BCUT2D eigenvalue weighted by atomic mass is 10.1. The Kier molecular flexibility index (Phi) is 4.20. The first kappa shape index (κ1) is 12.9. The van der Waals surface area contributed by atoms with Crippen LogP contribution in [0.15, 0.2) is 30.3 Å². The van der Waals surface area contributed by atoms with Gasteiger partial charge in [0, 0.05) is 24.8 Å². The van der Waals surface area contributed by atoms with Crippen LogP contribution in [0.2, 0.25) is 0 Å². The van der Waals surface area contributed by atoms with Crippen LogP contribution in [-0.2, 0) is 4.79 Å². The predicted molar refractivity (Wildman–Crippen MR) is 71.9 cm³/mol. The van der Waals surface area contributed by atoms with Gasteiger partial charge in [-0.3, -0.25) is 4.79 Å². The Morgan fingerprint density at radius 2 is 2.11 bits per heavy atom. The number of rotatable bonds is 3. The van der Waals surface area contributed by atoms with E-state index in [-0.39, 0.29) is 12.5 Å². The highest BCUT2D eigenvalue weighted by Gasteiger charge is 2.23. The summed E-state index contributed by atoms with van der Waals surface area (Å²) in [6.45, 7) is 4.78. The molecule has 98 valence electrons. The zero-order chi connectivity index (χ0) is 13.0. The molecule has 0 amide bonds. The van der Waals surface area contributed by atoms with Gasteiger partial charge in [-0.1, -0.05) is 25.1 Å². The maximum atomic E-state index is 10.8. The van der Waals surface area contributed by atoms with E-state index >= 15 is 0 Å². The van der Waals surface area contributed by atoms with Gasteiger partial charge in [0.25, 0.3) is 0 Å². The molecule has 0 bridgehead atoms. The minimum Gasteiger partial charge on any atom is -0.481 e. The fourth-order valence-electron chi connectivity index (χ4n) is 2.41. The molecule has 2 unspecified atom stereocenters. The molecule has 1 aromatic rings. The Bertz CT molecular complexity index is 394. The van der Waals surface area contributed by atoms with Gasteiger partial charge in [0.1, 0.15) is 0 Å². The number of benzene rings is 1. The second kappa shape index (κ2) is 5.87. The van der Waals surface area contributed by atoms with Gasteiger partial charge in [0.2, 0.25) is 0 Å². The maximum Gasteiger partial charge on any atom is 0.304 e. The number of hydrogen-bond donors (Lipinski definition) is 2. The second-order valence-corrected chi connectivity index (χ2v) is 5.05. The fraction of sp³-hybridized carbons (Fsp3) is 0.500. The summed E-state index contributed by atoms with van der Waals surface area (Å²) in [5.41, 5.74) is 1.17. The molecule has 4 nitrogen and oxygen atoms in total. The monoisotopic (exact) mass is 248 g/mol. The van der Waals surface area contributed by atoms with Crippen LogP contribution in [0, 0.1) is 5.92 Å². The zero-order valence-corrected chi connectivity index (χ0v) is 10.7. The molecule has 1 aliphatic rings. The molecule has 0 spiro atoms. The van der Waals surface area contributed by atoms with Crippen molar-refractivity contribution in [3.05, 3.63) is 30.3 Å². The molecular formula is C14H20N2O2. The molecule has 1 aromatic carbocycles. The Morgan fingerprint density at radius 1 is 1.39 bits per heavy atom. The average molecular weight is 248 g/mol. The maximum absolute atomic E-state index is 10.8. The van der Waals surface area contributed by atoms with Gasteiger partial charge < -0.3 is 15.3 Å². The van der Waals surface area contributed by atoms with Crippen molar-refractivity contribution < 1.29 is 9.90 Å². The van der Waals surface area contributed by atoms with E-state index in [2.05, 4.69) is 29.3 Å². The van der Waals surface area contributed by atoms with E-state index in [1.54, 1.807) is 0 Å². The Labute approximate surface area is 108 Å². The number of carboxylic acid groups (broad SMARTS) is 1. The van der Waals surface area contributed by atoms with Crippen molar-refractivity contribution in [3.63, 3.8) is 0 Å². The summed E-state index contributed by atoms with van der Waals surface area (Å²) in [5.74, 6) is -0.223. The van der Waals surface area contributed by atoms with Crippen LogP contribution in [0.3, 0.4) is 0 Å². The number of para-hydroxylation sites is 1. The van der Waals surface area contributed by atoms with Crippen molar-refractivity contribution in [2.24, 2.45) is 5.92 Å². The summed E-state index contributed by atoms with van der Waals surface area (Å²) in [5, 5.41) is 12.3. The lowest BCUT2D eigenvalue weighted by Gasteiger charge is -2.26. The summed E-state index contributed by atoms with van der Waals surface area (Å²) in [6.07, 6.45) is 0.177. The first-order valence-corrected chi connectivity index (χ1v) is 6.40. The third-order valence-corrected chi connectivity index (χ3v) is 3.27. The fourth-order valence-corrected chi connectivity index (χ4v) is 2.41. The highest BCUT2D eigenvalue weighted by Crippen LogP contribution is 2.18. The Hall–Kier alpha value is -1.55. The molecule has 2 rings (SSSR count). The second-order valence-electron chi connectivity index (χ2n) is 5.05. The molecule has 18 heavy (non-hydrogen) atoms. The van der Waals surface area contributed by atoms with Gasteiger partial charge in [-0.25, -0.2) is 0 Å². The lowest BCUT2D eigenvalue weighted by Crippen LogP contribution is -2.39. The van der Waals surface area contributed by atoms with E-state index in [4.69, 9.17) is 5.11 Å². The molecule has 4 heteroatoms. The van der Waals surface area contributed by atoms with Crippen molar-refractivity contribution in [3.8, 4) is 0 Å². The van der Waals surface area contributed by atoms with E-state index in [9.17, 15) is 4.79 Å². The number of nitrogens with zero attached hydrogens (tertiary/aromatic N) is 1. The van der Waals surface area contributed by atoms with Crippen molar-refractivity contribution >= 4 is 11.7 Å². The minimum atomic E-state index is -0.741. The number of anilines is 1. The van der Waals surface area contributed by atoms with Crippen LogP contribution < -0.4 is 10.2 Å². The summed E-state index contributed by atoms with van der Waals surface area (Å²) >= 11 is 0. The summed E-state index contributed by atoms with van der Waals surface area (Å²) in [7, 11) is 0. The third-order valence-electron chi connectivity index (χ3n) is 3.27. The summed E-state index contributed by atoms with van der Waals surface area (Å²) in [4.78, 5) is 13.1. The molecule has 0 aromatic heterocycles. The number of hydrogen-bond acceptors (Lipinski definition) is 3. The number of carbonyl (C=O) groups is 1.